The van der Waals surface area contributed by atoms with E-state index >= 15 is 0 Å². The van der Waals surface area contributed by atoms with Crippen LogP contribution in [-0.2, 0) is 9.59 Å². The van der Waals surface area contributed by atoms with Gasteiger partial charge >= 0.3 is 5.97 Å². The number of amides is 1. The first-order valence-corrected chi connectivity index (χ1v) is 8.15. The molecule has 2 aromatic carbocycles. The van der Waals surface area contributed by atoms with Gasteiger partial charge in [0.2, 0.25) is 0 Å². The number of carbonyl (C=O) groups is 2. The highest BCUT2D eigenvalue weighted by molar-refractivity contribution is 5.88. The molecule has 0 saturated carbocycles. The Morgan fingerprint density at radius 1 is 1.17 bits per heavy atom. The molecule has 1 N–H and O–H groups in total. The molecule has 0 aliphatic carbocycles. The summed E-state index contributed by atoms with van der Waals surface area (Å²) >= 11 is 0. The number of fused-ring (bicyclic) bond motifs is 1. The van der Waals surface area contributed by atoms with Gasteiger partial charge in [-0.15, -0.1) is 0 Å². The minimum Gasteiger partial charge on any atom is -0.483 e. The Balaban J connectivity index is 1.67. The van der Waals surface area contributed by atoms with Crippen molar-refractivity contribution in [2.75, 3.05) is 19.7 Å². The van der Waals surface area contributed by atoms with Gasteiger partial charge in [-0.05, 0) is 23.8 Å². The van der Waals surface area contributed by atoms with Gasteiger partial charge < -0.3 is 14.7 Å². The fourth-order valence-corrected chi connectivity index (χ4v) is 3.29. The first kappa shape index (κ1) is 16.3. The molecule has 1 aliphatic rings. The normalized spacial score (nSPS) is 20.8. The number of carboxylic acids is 1. The molecule has 1 aliphatic heterocycles. The second kappa shape index (κ2) is 6.91. The molecule has 3 rings (SSSR count). The topological polar surface area (TPSA) is 66.8 Å². The summed E-state index contributed by atoms with van der Waals surface area (Å²) in [5.41, 5.74) is 0. The molecule has 2 atom stereocenters. The summed E-state index contributed by atoms with van der Waals surface area (Å²) in [5, 5.41) is 11.2. The van der Waals surface area contributed by atoms with E-state index in [1.165, 1.54) is 0 Å². The summed E-state index contributed by atoms with van der Waals surface area (Å²) in [4.78, 5) is 25.3. The van der Waals surface area contributed by atoms with Crippen LogP contribution in [-0.4, -0.2) is 41.6 Å². The second-order valence-corrected chi connectivity index (χ2v) is 6.44. The van der Waals surface area contributed by atoms with E-state index in [9.17, 15) is 14.7 Å². The fourth-order valence-electron chi connectivity index (χ4n) is 3.29. The van der Waals surface area contributed by atoms with E-state index in [4.69, 9.17) is 4.74 Å². The van der Waals surface area contributed by atoms with Crippen LogP contribution in [0, 0.1) is 11.8 Å². The molecule has 1 saturated heterocycles. The van der Waals surface area contributed by atoms with E-state index in [-0.39, 0.29) is 25.0 Å². The third-order valence-corrected chi connectivity index (χ3v) is 4.46. The highest BCUT2D eigenvalue weighted by Crippen LogP contribution is 2.26. The van der Waals surface area contributed by atoms with Gasteiger partial charge in [-0.1, -0.05) is 43.3 Å². The lowest BCUT2D eigenvalue weighted by atomic mass is 9.90. The smallest absolute Gasteiger partial charge is 0.308 e. The summed E-state index contributed by atoms with van der Waals surface area (Å²) in [7, 11) is 0. The Kier molecular flexibility index (Phi) is 4.69. The van der Waals surface area contributed by atoms with E-state index in [1.54, 1.807) is 4.90 Å². The second-order valence-electron chi connectivity index (χ2n) is 6.44. The Bertz CT molecular complexity index is 753. The molecule has 2 unspecified atom stereocenters. The zero-order chi connectivity index (χ0) is 17.1. The van der Waals surface area contributed by atoms with E-state index in [0.29, 0.717) is 18.7 Å². The van der Waals surface area contributed by atoms with Crippen molar-refractivity contribution in [2.45, 2.75) is 13.3 Å². The van der Waals surface area contributed by atoms with Crippen molar-refractivity contribution in [3.63, 3.8) is 0 Å². The fraction of sp³-hybridized carbons (Fsp3) is 0.368. The summed E-state index contributed by atoms with van der Waals surface area (Å²) in [6.07, 6.45) is 0.614. The lowest BCUT2D eigenvalue weighted by molar-refractivity contribution is -0.147. The number of ether oxygens (including phenoxy) is 1. The molecular weight excluding hydrogens is 306 g/mol. The molecule has 24 heavy (non-hydrogen) atoms. The van der Waals surface area contributed by atoms with Crippen LogP contribution in [0.2, 0.25) is 0 Å². The lowest BCUT2D eigenvalue weighted by Gasteiger charge is -2.34. The number of carboxylic acid groups (broad SMARTS) is 1. The number of likely N-dealkylation sites (tertiary alicyclic amines) is 1. The number of benzene rings is 2. The average molecular weight is 327 g/mol. The van der Waals surface area contributed by atoms with Crippen molar-refractivity contribution in [3.05, 3.63) is 42.5 Å². The maximum Gasteiger partial charge on any atom is 0.308 e. The summed E-state index contributed by atoms with van der Waals surface area (Å²) in [6.45, 7) is 2.74. The summed E-state index contributed by atoms with van der Waals surface area (Å²) in [6, 6.07) is 13.6. The molecule has 1 amide bonds. The lowest BCUT2D eigenvalue weighted by Crippen LogP contribution is -2.47. The van der Waals surface area contributed by atoms with Crippen molar-refractivity contribution in [3.8, 4) is 5.75 Å². The molecular formula is C19H21NO4. The SMILES string of the molecule is CC1CC(C(=O)O)CN(C(=O)COc2cccc3ccccc23)C1. The van der Waals surface area contributed by atoms with Crippen LogP contribution in [0.15, 0.2) is 42.5 Å². The van der Waals surface area contributed by atoms with Crippen LogP contribution < -0.4 is 4.74 Å². The average Bonchev–Trinajstić information content (AvgIpc) is 2.59. The van der Waals surface area contributed by atoms with E-state index < -0.39 is 11.9 Å². The molecule has 126 valence electrons. The van der Waals surface area contributed by atoms with Crippen LogP contribution in [0.5, 0.6) is 5.75 Å². The van der Waals surface area contributed by atoms with Crippen LogP contribution in [0.1, 0.15) is 13.3 Å². The van der Waals surface area contributed by atoms with Gasteiger partial charge in [0.1, 0.15) is 5.75 Å². The molecule has 0 radical (unpaired) electrons. The van der Waals surface area contributed by atoms with Crippen molar-refractivity contribution in [1.29, 1.82) is 0 Å². The van der Waals surface area contributed by atoms with Gasteiger partial charge in [-0.25, -0.2) is 0 Å². The van der Waals surface area contributed by atoms with Gasteiger partial charge in [0, 0.05) is 18.5 Å². The largest absolute Gasteiger partial charge is 0.483 e. The highest BCUT2D eigenvalue weighted by Gasteiger charge is 2.31. The number of nitrogens with zero attached hydrogens (tertiary/aromatic N) is 1. The molecule has 1 fully saturated rings. The number of aliphatic carboxylic acids is 1. The van der Waals surface area contributed by atoms with Crippen LogP contribution in [0.4, 0.5) is 0 Å². The van der Waals surface area contributed by atoms with Crippen molar-refractivity contribution >= 4 is 22.6 Å². The number of hydrogen-bond acceptors (Lipinski definition) is 3. The number of rotatable bonds is 4. The Morgan fingerprint density at radius 3 is 2.71 bits per heavy atom. The van der Waals surface area contributed by atoms with Gasteiger partial charge in [0.05, 0.1) is 5.92 Å². The third-order valence-electron chi connectivity index (χ3n) is 4.46. The Morgan fingerprint density at radius 2 is 1.92 bits per heavy atom. The van der Waals surface area contributed by atoms with Gasteiger partial charge in [-0.2, -0.15) is 0 Å². The van der Waals surface area contributed by atoms with Gasteiger partial charge in [0.15, 0.2) is 6.61 Å². The van der Waals surface area contributed by atoms with Gasteiger partial charge in [0.25, 0.3) is 5.91 Å². The van der Waals surface area contributed by atoms with Crippen molar-refractivity contribution in [2.24, 2.45) is 11.8 Å². The maximum atomic E-state index is 12.4. The number of carbonyl (C=O) groups excluding carboxylic acids is 1. The minimum atomic E-state index is -0.839. The molecule has 0 aromatic heterocycles. The summed E-state index contributed by atoms with van der Waals surface area (Å²) < 4.78 is 5.73. The molecule has 5 heteroatoms. The quantitative estimate of drug-likeness (QED) is 0.938. The highest BCUT2D eigenvalue weighted by atomic mass is 16.5. The van der Waals surface area contributed by atoms with Gasteiger partial charge in [-0.3, -0.25) is 9.59 Å². The predicted molar refractivity (Wildman–Crippen MR) is 90.9 cm³/mol. The first-order chi connectivity index (χ1) is 11.5. The van der Waals surface area contributed by atoms with Crippen molar-refractivity contribution in [1.82, 2.24) is 4.90 Å². The van der Waals surface area contributed by atoms with Crippen molar-refractivity contribution < 1.29 is 19.4 Å². The maximum absolute atomic E-state index is 12.4. The van der Waals surface area contributed by atoms with Crippen LogP contribution in [0.3, 0.4) is 0 Å². The standard InChI is InChI=1S/C19H21NO4/c1-13-9-15(19(22)23)11-20(10-13)18(21)12-24-17-8-4-6-14-5-2-3-7-16(14)17/h2-8,13,15H,9-12H2,1H3,(H,22,23). The molecule has 5 nitrogen and oxygen atoms in total. The molecule has 0 spiro atoms. The zero-order valence-electron chi connectivity index (χ0n) is 13.6. The van der Waals surface area contributed by atoms with E-state index in [0.717, 1.165) is 10.8 Å². The Hall–Kier alpha value is -2.56. The number of piperidine rings is 1. The van der Waals surface area contributed by atoms with E-state index in [1.807, 2.05) is 49.4 Å². The molecule has 1 heterocycles. The van der Waals surface area contributed by atoms with E-state index in [2.05, 4.69) is 0 Å². The summed E-state index contributed by atoms with van der Waals surface area (Å²) in [5.74, 6) is -0.645. The molecule has 2 aromatic rings. The molecule has 0 bridgehead atoms. The zero-order valence-corrected chi connectivity index (χ0v) is 13.6. The minimum absolute atomic E-state index is 0.0763. The predicted octanol–water partition coefficient (Wildman–Crippen LogP) is 2.79. The monoisotopic (exact) mass is 327 g/mol. The third kappa shape index (κ3) is 3.50. The Labute approximate surface area is 140 Å². The first-order valence-electron chi connectivity index (χ1n) is 8.15. The van der Waals surface area contributed by atoms with Crippen LogP contribution >= 0.6 is 0 Å². The number of hydrogen-bond donors (Lipinski definition) is 1. The van der Waals surface area contributed by atoms with Crippen LogP contribution in [0.25, 0.3) is 10.8 Å².